The van der Waals surface area contributed by atoms with E-state index in [2.05, 4.69) is 51.9 Å². The van der Waals surface area contributed by atoms with Crippen LogP contribution in [0.2, 0.25) is 0 Å². The van der Waals surface area contributed by atoms with Crippen molar-refractivity contribution in [3.05, 3.63) is 0 Å². The van der Waals surface area contributed by atoms with Crippen molar-refractivity contribution in [2.24, 2.45) is 11.3 Å². The van der Waals surface area contributed by atoms with Gasteiger partial charge in [-0.25, -0.2) is 0 Å². The number of hydrogen-bond acceptors (Lipinski definition) is 2. The molecule has 0 saturated heterocycles. The highest BCUT2D eigenvalue weighted by Gasteiger charge is 2.31. The highest BCUT2D eigenvalue weighted by atomic mass is 15.1. The van der Waals surface area contributed by atoms with Gasteiger partial charge in [-0.3, -0.25) is 0 Å². The molecule has 1 N–H and O–H groups in total. The Labute approximate surface area is 115 Å². The van der Waals surface area contributed by atoms with Crippen LogP contribution in [0.25, 0.3) is 0 Å². The largest absolute Gasteiger partial charge is 0.313 e. The first kappa shape index (κ1) is 16.0. The summed E-state index contributed by atoms with van der Waals surface area (Å²) < 4.78 is 0. The molecule has 18 heavy (non-hydrogen) atoms. The minimum Gasteiger partial charge on any atom is -0.313 e. The van der Waals surface area contributed by atoms with E-state index in [4.69, 9.17) is 0 Å². The average Bonchev–Trinajstić information content (AvgIpc) is 3.09. The van der Waals surface area contributed by atoms with Gasteiger partial charge in [0.05, 0.1) is 0 Å². The zero-order valence-electron chi connectivity index (χ0n) is 13.4. The SMILES string of the molecule is CCCNC(CCN(C)C(C)C1CC1)C(C)(C)C. The molecule has 1 saturated carbocycles. The Morgan fingerprint density at radius 3 is 2.33 bits per heavy atom. The Kier molecular flexibility index (Phi) is 6.13. The molecule has 1 rings (SSSR count). The van der Waals surface area contributed by atoms with Gasteiger partial charge >= 0.3 is 0 Å². The summed E-state index contributed by atoms with van der Waals surface area (Å²) in [5, 5.41) is 3.72. The van der Waals surface area contributed by atoms with Crippen LogP contribution in [0.3, 0.4) is 0 Å². The highest BCUT2D eigenvalue weighted by Crippen LogP contribution is 2.34. The van der Waals surface area contributed by atoms with Gasteiger partial charge in [-0.05, 0) is 64.1 Å². The molecule has 0 aromatic carbocycles. The number of nitrogens with zero attached hydrogens (tertiary/aromatic N) is 1. The first-order valence-electron chi connectivity index (χ1n) is 7.80. The molecule has 0 amide bonds. The normalized spacial score (nSPS) is 20.2. The molecule has 0 aromatic heterocycles. The molecule has 2 heteroatoms. The van der Waals surface area contributed by atoms with Gasteiger partial charge in [0.15, 0.2) is 0 Å². The van der Waals surface area contributed by atoms with Gasteiger partial charge in [-0.2, -0.15) is 0 Å². The molecule has 0 heterocycles. The van der Waals surface area contributed by atoms with E-state index in [1.54, 1.807) is 0 Å². The van der Waals surface area contributed by atoms with Gasteiger partial charge in [-0.1, -0.05) is 27.7 Å². The van der Waals surface area contributed by atoms with Gasteiger partial charge in [0.25, 0.3) is 0 Å². The quantitative estimate of drug-likeness (QED) is 0.713. The average molecular weight is 254 g/mol. The van der Waals surface area contributed by atoms with Gasteiger partial charge in [0.2, 0.25) is 0 Å². The minimum absolute atomic E-state index is 0.360. The third-order valence-corrected chi connectivity index (χ3v) is 4.46. The molecule has 0 radical (unpaired) electrons. The molecule has 108 valence electrons. The zero-order chi connectivity index (χ0) is 13.8. The number of rotatable bonds is 8. The highest BCUT2D eigenvalue weighted by molar-refractivity contribution is 4.86. The fraction of sp³-hybridized carbons (Fsp3) is 1.00. The Morgan fingerprint density at radius 1 is 1.28 bits per heavy atom. The molecule has 0 spiro atoms. The van der Waals surface area contributed by atoms with E-state index in [1.807, 2.05) is 0 Å². The van der Waals surface area contributed by atoms with Crippen LogP contribution < -0.4 is 5.32 Å². The second-order valence-electron chi connectivity index (χ2n) is 7.22. The maximum absolute atomic E-state index is 3.72. The maximum Gasteiger partial charge on any atom is 0.0128 e. The van der Waals surface area contributed by atoms with Crippen molar-refractivity contribution in [2.45, 2.75) is 72.4 Å². The lowest BCUT2D eigenvalue weighted by atomic mass is 9.84. The molecule has 2 unspecified atom stereocenters. The Bertz CT molecular complexity index is 228. The van der Waals surface area contributed by atoms with Crippen LogP contribution in [-0.4, -0.2) is 37.1 Å². The summed E-state index contributed by atoms with van der Waals surface area (Å²) >= 11 is 0. The van der Waals surface area contributed by atoms with Crippen molar-refractivity contribution in [3.8, 4) is 0 Å². The van der Waals surface area contributed by atoms with Crippen LogP contribution >= 0.6 is 0 Å². The van der Waals surface area contributed by atoms with Gasteiger partial charge in [0.1, 0.15) is 0 Å². The lowest BCUT2D eigenvalue weighted by Crippen LogP contribution is -2.44. The number of hydrogen-bond donors (Lipinski definition) is 1. The van der Waals surface area contributed by atoms with Gasteiger partial charge in [0, 0.05) is 12.1 Å². The maximum atomic E-state index is 3.72. The van der Waals surface area contributed by atoms with Gasteiger partial charge < -0.3 is 10.2 Å². The lowest BCUT2D eigenvalue weighted by Gasteiger charge is -2.34. The fourth-order valence-electron chi connectivity index (χ4n) is 2.63. The number of nitrogens with one attached hydrogen (secondary N) is 1. The predicted octanol–water partition coefficient (Wildman–Crippen LogP) is 3.52. The van der Waals surface area contributed by atoms with Crippen LogP contribution in [0.5, 0.6) is 0 Å². The molecule has 2 atom stereocenters. The molecule has 1 fully saturated rings. The van der Waals surface area contributed by atoms with E-state index in [9.17, 15) is 0 Å². The van der Waals surface area contributed by atoms with E-state index >= 15 is 0 Å². The molecule has 0 bridgehead atoms. The Morgan fingerprint density at radius 2 is 1.89 bits per heavy atom. The third kappa shape index (κ3) is 5.27. The molecule has 1 aliphatic carbocycles. The minimum atomic E-state index is 0.360. The van der Waals surface area contributed by atoms with Crippen LogP contribution in [0.4, 0.5) is 0 Å². The van der Waals surface area contributed by atoms with E-state index in [0.29, 0.717) is 11.5 Å². The van der Waals surface area contributed by atoms with Crippen molar-refractivity contribution < 1.29 is 0 Å². The summed E-state index contributed by atoms with van der Waals surface area (Å²) in [5.74, 6) is 0.978. The summed E-state index contributed by atoms with van der Waals surface area (Å²) in [4.78, 5) is 2.56. The standard InChI is InChI=1S/C16H34N2/c1-7-11-17-15(16(3,4)5)10-12-18(6)13(2)14-8-9-14/h13-15,17H,7-12H2,1-6H3. The van der Waals surface area contributed by atoms with Crippen molar-refractivity contribution in [3.63, 3.8) is 0 Å². The predicted molar refractivity (Wildman–Crippen MR) is 81.0 cm³/mol. The van der Waals surface area contributed by atoms with Crippen molar-refractivity contribution in [2.75, 3.05) is 20.1 Å². The van der Waals surface area contributed by atoms with Crippen LogP contribution in [0.1, 0.15) is 60.3 Å². The van der Waals surface area contributed by atoms with Gasteiger partial charge in [-0.15, -0.1) is 0 Å². The summed E-state index contributed by atoms with van der Waals surface area (Å²) in [7, 11) is 2.29. The molecular formula is C16H34N2. The molecule has 0 aliphatic heterocycles. The summed E-state index contributed by atoms with van der Waals surface area (Å²) in [6.07, 6.45) is 5.38. The zero-order valence-corrected chi connectivity index (χ0v) is 13.4. The van der Waals surface area contributed by atoms with Crippen LogP contribution in [0, 0.1) is 11.3 Å². The fourth-order valence-corrected chi connectivity index (χ4v) is 2.63. The Hall–Kier alpha value is -0.0800. The second-order valence-corrected chi connectivity index (χ2v) is 7.22. The van der Waals surface area contributed by atoms with Crippen molar-refractivity contribution >= 4 is 0 Å². The first-order valence-corrected chi connectivity index (χ1v) is 7.80. The summed E-state index contributed by atoms with van der Waals surface area (Å²) in [6.45, 7) is 14.1. The first-order chi connectivity index (χ1) is 8.36. The summed E-state index contributed by atoms with van der Waals surface area (Å²) in [6, 6.07) is 1.41. The van der Waals surface area contributed by atoms with Crippen LogP contribution in [0.15, 0.2) is 0 Å². The monoisotopic (exact) mass is 254 g/mol. The van der Waals surface area contributed by atoms with E-state index in [1.165, 1.54) is 32.2 Å². The smallest absolute Gasteiger partial charge is 0.0128 e. The third-order valence-electron chi connectivity index (χ3n) is 4.46. The summed E-state index contributed by atoms with van der Waals surface area (Å²) in [5.41, 5.74) is 0.360. The van der Waals surface area contributed by atoms with Crippen molar-refractivity contribution in [1.82, 2.24) is 10.2 Å². The topological polar surface area (TPSA) is 15.3 Å². The van der Waals surface area contributed by atoms with E-state index in [-0.39, 0.29) is 0 Å². The molecule has 1 aliphatic rings. The molecule has 0 aromatic rings. The Balaban J connectivity index is 2.35. The molecule has 2 nitrogen and oxygen atoms in total. The van der Waals surface area contributed by atoms with E-state index < -0.39 is 0 Å². The lowest BCUT2D eigenvalue weighted by molar-refractivity contribution is 0.187. The van der Waals surface area contributed by atoms with Crippen molar-refractivity contribution in [1.29, 1.82) is 0 Å². The van der Waals surface area contributed by atoms with Crippen LogP contribution in [-0.2, 0) is 0 Å². The van der Waals surface area contributed by atoms with E-state index in [0.717, 1.165) is 18.5 Å². The second kappa shape index (κ2) is 6.91. The molecular weight excluding hydrogens is 220 g/mol.